The summed E-state index contributed by atoms with van der Waals surface area (Å²) in [5.41, 5.74) is 0. The minimum Gasteiger partial charge on any atom is -0.462 e. The summed E-state index contributed by atoms with van der Waals surface area (Å²) in [7, 11) is -4.60. The number of allylic oxidation sites excluding steroid dienone is 6. The van der Waals surface area contributed by atoms with Gasteiger partial charge in [0.15, 0.2) is 12.4 Å². The van der Waals surface area contributed by atoms with E-state index in [0.29, 0.717) is 12.8 Å². The molecule has 6 atom stereocenters. The third kappa shape index (κ3) is 29.7. The summed E-state index contributed by atoms with van der Waals surface area (Å²) in [5.74, 6) is -2.04. The zero-order valence-corrected chi connectivity index (χ0v) is 36.0. The lowest BCUT2D eigenvalue weighted by atomic mass is 10.00. The number of hydrogen-bond acceptors (Lipinski definition) is 11. The molecule has 0 saturated carbocycles. The minimum absolute atomic E-state index is 0.120. The number of ether oxygens (including phenoxy) is 4. The van der Waals surface area contributed by atoms with Crippen molar-refractivity contribution in [3.8, 4) is 0 Å². The fraction of sp³-hybridized carbons (Fsp3) is 0.818. The molecule has 1 fully saturated rings. The second kappa shape index (κ2) is 34.7. The Hall–Kier alpha value is -2.13. The average molecular weight is 831 g/mol. The Kier molecular flexibility index (Phi) is 32.2. The first-order chi connectivity index (χ1) is 27.5. The summed E-state index contributed by atoms with van der Waals surface area (Å²) in [6.07, 6.45) is 29.1. The molecule has 0 spiro atoms. The third-order valence-corrected chi connectivity index (χ3v) is 10.7. The molecule has 0 aromatic carbocycles. The highest BCUT2D eigenvalue weighted by Gasteiger charge is 2.46. The van der Waals surface area contributed by atoms with Crippen LogP contribution in [0.4, 0.5) is 0 Å². The Morgan fingerprint density at radius 1 is 0.596 bits per heavy atom. The van der Waals surface area contributed by atoms with E-state index >= 15 is 0 Å². The van der Waals surface area contributed by atoms with Crippen molar-refractivity contribution in [2.24, 2.45) is 0 Å². The standard InChI is InChI=1S/C44H78O12S/c1-3-5-7-9-11-13-15-17-19-21-23-25-27-29-31-33-40(46)55-37(35-54-44-43(49)42(48)41(47)38(56-44)36-57(50,51)52)34-53-39(45)32-30-28-26-24-22-20-18-16-14-12-10-8-6-4-2/h16-19,23,25,37-38,41-44,47-49H,3-15,20-22,24,26-36H2,1-2H3,(H,50,51,52)/b18-16+,19-17+,25-23+/t37-,38-,41-,42?,43?,44+/m1/s1. The second-order valence-corrected chi connectivity index (χ2v) is 16.9. The topological polar surface area (TPSA) is 186 Å². The lowest BCUT2D eigenvalue weighted by Crippen LogP contribution is -2.60. The van der Waals surface area contributed by atoms with E-state index < -0.39 is 71.2 Å². The quantitative estimate of drug-likeness (QED) is 0.0204. The number of aliphatic hydroxyl groups is 3. The van der Waals surface area contributed by atoms with Crippen LogP contribution in [0.1, 0.15) is 174 Å². The molecule has 4 N–H and O–H groups in total. The molecule has 0 aromatic rings. The molecular formula is C44H78O12S. The van der Waals surface area contributed by atoms with Crippen molar-refractivity contribution in [1.29, 1.82) is 0 Å². The van der Waals surface area contributed by atoms with E-state index in [2.05, 4.69) is 50.3 Å². The number of carbonyl (C=O) groups excluding carboxylic acids is 2. The van der Waals surface area contributed by atoms with Crippen LogP contribution >= 0.6 is 0 Å². The first-order valence-corrected chi connectivity index (χ1v) is 23.7. The maximum Gasteiger partial charge on any atom is 0.306 e. The van der Waals surface area contributed by atoms with Crippen LogP contribution in [0.15, 0.2) is 36.5 Å². The highest BCUT2D eigenvalue weighted by molar-refractivity contribution is 7.85. The van der Waals surface area contributed by atoms with Gasteiger partial charge in [0.05, 0.1) is 6.61 Å². The van der Waals surface area contributed by atoms with Crippen LogP contribution in [0, 0.1) is 0 Å². The molecule has 57 heavy (non-hydrogen) atoms. The fourth-order valence-electron chi connectivity index (χ4n) is 6.46. The van der Waals surface area contributed by atoms with E-state index in [9.17, 15) is 37.9 Å². The molecule has 1 rings (SSSR count). The summed E-state index contributed by atoms with van der Waals surface area (Å²) in [5, 5.41) is 30.8. The minimum atomic E-state index is -4.60. The zero-order valence-electron chi connectivity index (χ0n) is 35.2. The van der Waals surface area contributed by atoms with Crippen molar-refractivity contribution >= 4 is 22.1 Å². The van der Waals surface area contributed by atoms with Gasteiger partial charge in [-0.05, 0) is 70.6 Å². The number of esters is 2. The van der Waals surface area contributed by atoms with Gasteiger partial charge in [0, 0.05) is 12.8 Å². The number of aliphatic hydroxyl groups excluding tert-OH is 3. The third-order valence-electron chi connectivity index (χ3n) is 9.94. The Balaban J connectivity index is 2.50. The molecule has 332 valence electrons. The van der Waals surface area contributed by atoms with Crippen molar-refractivity contribution in [3.05, 3.63) is 36.5 Å². The van der Waals surface area contributed by atoms with Crippen LogP contribution in [-0.4, -0.2) is 96.0 Å². The van der Waals surface area contributed by atoms with Gasteiger partial charge in [-0.3, -0.25) is 14.1 Å². The first kappa shape index (κ1) is 52.9. The Morgan fingerprint density at radius 2 is 1.05 bits per heavy atom. The van der Waals surface area contributed by atoms with Crippen molar-refractivity contribution in [2.45, 2.75) is 211 Å². The molecule has 0 aliphatic carbocycles. The molecule has 1 aliphatic heterocycles. The van der Waals surface area contributed by atoms with E-state index in [-0.39, 0.29) is 19.4 Å². The van der Waals surface area contributed by atoms with Crippen LogP contribution in [0.25, 0.3) is 0 Å². The summed E-state index contributed by atoms with van der Waals surface area (Å²) in [4.78, 5) is 25.3. The SMILES string of the molecule is CCCCCCC/C=C/CCCCCCCC(=O)OC[C@H](CO[C@H]1O[C@H](CS(=O)(=O)O)[C@@H](O)C(O)C1O)OC(=O)CCCC/C=C/C/C=C/CCCCCCCC. The predicted molar refractivity (Wildman–Crippen MR) is 224 cm³/mol. The van der Waals surface area contributed by atoms with Crippen LogP contribution in [0.3, 0.4) is 0 Å². The van der Waals surface area contributed by atoms with Gasteiger partial charge in [-0.15, -0.1) is 0 Å². The summed E-state index contributed by atoms with van der Waals surface area (Å²) < 4.78 is 53.9. The molecule has 1 heterocycles. The molecule has 1 saturated heterocycles. The fourth-order valence-corrected chi connectivity index (χ4v) is 7.16. The van der Waals surface area contributed by atoms with Gasteiger partial charge < -0.3 is 34.3 Å². The normalized spacial score (nSPS) is 20.8. The Morgan fingerprint density at radius 3 is 1.60 bits per heavy atom. The summed E-state index contributed by atoms with van der Waals surface area (Å²) in [6, 6.07) is 0. The van der Waals surface area contributed by atoms with Crippen LogP contribution in [-0.2, 0) is 38.7 Å². The molecule has 0 aromatic heterocycles. The van der Waals surface area contributed by atoms with Crippen molar-refractivity contribution in [2.75, 3.05) is 19.0 Å². The van der Waals surface area contributed by atoms with E-state index in [0.717, 1.165) is 64.2 Å². The molecule has 2 unspecified atom stereocenters. The first-order valence-electron chi connectivity index (χ1n) is 22.0. The van der Waals surface area contributed by atoms with E-state index in [1.54, 1.807) is 0 Å². The van der Waals surface area contributed by atoms with Crippen LogP contribution in [0.2, 0.25) is 0 Å². The number of hydrogen-bond donors (Lipinski definition) is 4. The Labute approximate surface area is 344 Å². The Bertz CT molecular complexity index is 1200. The average Bonchev–Trinajstić information content (AvgIpc) is 3.17. The highest BCUT2D eigenvalue weighted by Crippen LogP contribution is 2.24. The summed E-state index contributed by atoms with van der Waals surface area (Å²) >= 11 is 0. The van der Waals surface area contributed by atoms with Gasteiger partial charge in [-0.25, -0.2) is 0 Å². The molecule has 0 radical (unpaired) electrons. The predicted octanol–water partition coefficient (Wildman–Crippen LogP) is 8.61. The smallest absolute Gasteiger partial charge is 0.306 e. The van der Waals surface area contributed by atoms with E-state index in [1.165, 1.54) is 70.6 Å². The highest BCUT2D eigenvalue weighted by atomic mass is 32.2. The maximum atomic E-state index is 12.8. The second-order valence-electron chi connectivity index (χ2n) is 15.4. The van der Waals surface area contributed by atoms with Crippen molar-refractivity contribution in [1.82, 2.24) is 0 Å². The lowest BCUT2D eigenvalue weighted by molar-refractivity contribution is -0.297. The number of carbonyl (C=O) groups is 2. The van der Waals surface area contributed by atoms with Gasteiger partial charge >= 0.3 is 11.9 Å². The van der Waals surface area contributed by atoms with Gasteiger partial charge in [0.1, 0.15) is 36.8 Å². The van der Waals surface area contributed by atoms with Crippen LogP contribution in [0.5, 0.6) is 0 Å². The molecule has 0 bridgehead atoms. The molecule has 12 nitrogen and oxygen atoms in total. The van der Waals surface area contributed by atoms with E-state index in [1.807, 2.05) is 0 Å². The van der Waals surface area contributed by atoms with Gasteiger partial charge in [0.25, 0.3) is 10.1 Å². The van der Waals surface area contributed by atoms with Crippen molar-refractivity contribution in [3.63, 3.8) is 0 Å². The van der Waals surface area contributed by atoms with Gasteiger partial charge in [-0.2, -0.15) is 8.42 Å². The number of unbranched alkanes of at least 4 members (excludes halogenated alkanes) is 18. The molecule has 1 aliphatic rings. The molecule has 0 amide bonds. The number of rotatable bonds is 36. The molecular weight excluding hydrogens is 753 g/mol. The van der Waals surface area contributed by atoms with Crippen molar-refractivity contribution < 1.29 is 56.8 Å². The van der Waals surface area contributed by atoms with Gasteiger partial charge in [0.2, 0.25) is 0 Å². The summed E-state index contributed by atoms with van der Waals surface area (Å²) in [6.45, 7) is 3.70. The van der Waals surface area contributed by atoms with Gasteiger partial charge in [-0.1, -0.05) is 127 Å². The van der Waals surface area contributed by atoms with Crippen LogP contribution < -0.4 is 0 Å². The molecule has 13 heteroatoms. The maximum absolute atomic E-state index is 12.8. The monoisotopic (exact) mass is 831 g/mol. The zero-order chi connectivity index (χ0) is 42.0. The largest absolute Gasteiger partial charge is 0.462 e. The van der Waals surface area contributed by atoms with E-state index in [4.69, 9.17) is 18.9 Å². The lowest BCUT2D eigenvalue weighted by Gasteiger charge is -2.40.